The average Bonchev–Trinajstić information content (AvgIpc) is 3.29. The van der Waals surface area contributed by atoms with E-state index in [1.165, 1.54) is 35.4 Å². The third-order valence-electron chi connectivity index (χ3n) is 6.95. The average molecular weight is 509 g/mol. The Labute approximate surface area is 212 Å². The maximum absolute atomic E-state index is 13.4. The molecule has 1 saturated heterocycles. The van der Waals surface area contributed by atoms with E-state index in [2.05, 4.69) is 5.38 Å². The van der Waals surface area contributed by atoms with Gasteiger partial charge in [0.2, 0.25) is 0 Å². The maximum Gasteiger partial charge on any atom is 0.328 e. The quantitative estimate of drug-likeness (QED) is 0.345. The summed E-state index contributed by atoms with van der Waals surface area (Å²) in [6.45, 7) is 1.45. The van der Waals surface area contributed by atoms with E-state index in [-0.39, 0.29) is 17.2 Å². The number of hydrogen-bond acceptors (Lipinski definition) is 8. The van der Waals surface area contributed by atoms with Crippen molar-refractivity contribution in [3.63, 3.8) is 0 Å². The van der Waals surface area contributed by atoms with Crippen molar-refractivity contribution < 1.29 is 19.4 Å². The Balaban J connectivity index is 1.44. The Kier molecular flexibility index (Phi) is 7.13. The second kappa shape index (κ2) is 10.6. The number of aromatic nitrogens is 3. The summed E-state index contributed by atoms with van der Waals surface area (Å²) in [6.07, 6.45) is 10.5. The Morgan fingerprint density at radius 1 is 1.22 bits per heavy atom. The fourth-order valence-corrected chi connectivity index (χ4v) is 5.66. The Morgan fingerprint density at radius 2 is 2.08 bits per heavy atom. The zero-order valence-electron chi connectivity index (χ0n) is 19.8. The number of nitrogens with zero attached hydrogens (tertiary/aromatic N) is 4. The largest absolute Gasteiger partial charge is 0.478 e. The van der Waals surface area contributed by atoms with E-state index in [0.717, 1.165) is 42.3 Å². The van der Waals surface area contributed by atoms with Crippen LogP contribution in [-0.2, 0) is 27.2 Å². The number of carbonyl (C=O) groups is 2. The van der Waals surface area contributed by atoms with E-state index in [4.69, 9.17) is 19.8 Å². The first kappa shape index (κ1) is 24.2. The molecule has 1 unspecified atom stereocenters. The van der Waals surface area contributed by atoms with Gasteiger partial charge in [-0.1, -0.05) is 6.42 Å². The second-order valence-electron chi connectivity index (χ2n) is 9.33. The summed E-state index contributed by atoms with van der Waals surface area (Å²) < 4.78 is 6.60. The number of fused-ring (bicyclic) bond motifs is 1. The summed E-state index contributed by atoms with van der Waals surface area (Å²) in [5.74, 6) is -0.121. The van der Waals surface area contributed by atoms with Crippen molar-refractivity contribution in [2.75, 3.05) is 18.0 Å². The monoisotopic (exact) mass is 508 g/mol. The van der Waals surface area contributed by atoms with E-state index in [9.17, 15) is 14.4 Å². The number of carboxylic acid groups (broad SMARTS) is 1. The van der Waals surface area contributed by atoms with Crippen molar-refractivity contribution in [2.24, 2.45) is 0 Å². The summed E-state index contributed by atoms with van der Waals surface area (Å²) in [4.78, 5) is 46.9. The highest BCUT2D eigenvalue weighted by molar-refractivity contribution is 7.09. The van der Waals surface area contributed by atoms with Gasteiger partial charge in [0, 0.05) is 36.5 Å². The van der Waals surface area contributed by atoms with Crippen LogP contribution in [0.4, 0.5) is 5.82 Å². The standard InChI is InChI=1S/C26H28N4O5S/c31-16-35-19-5-2-11-29(14-19)25-20(7-9-24(32)33)26(34)30-12-10-17(13-22(30)28-25)6-8-23-27-21(15-36-23)18-3-1-4-18/h7,9-10,12-13,15-16,18-19H,1-6,8,11,14H2,(H,32,33)/b9-7+. The molecule has 5 rings (SSSR count). The number of pyridine rings is 1. The molecule has 0 amide bonds. The van der Waals surface area contributed by atoms with Crippen molar-refractivity contribution in [1.29, 1.82) is 0 Å². The van der Waals surface area contributed by atoms with Crippen molar-refractivity contribution in [3.8, 4) is 0 Å². The van der Waals surface area contributed by atoms with Gasteiger partial charge in [-0.05, 0) is 55.9 Å². The molecule has 2 aliphatic rings. The normalized spacial score (nSPS) is 18.4. The lowest BCUT2D eigenvalue weighted by Gasteiger charge is -2.33. The molecule has 0 spiro atoms. The Bertz CT molecular complexity index is 1360. The molecule has 1 N–H and O–H groups in total. The van der Waals surface area contributed by atoms with Crippen molar-refractivity contribution in [3.05, 3.63) is 62.0 Å². The molecule has 188 valence electrons. The van der Waals surface area contributed by atoms with Crippen LogP contribution in [0.1, 0.15) is 59.9 Å². The van der Waals surface area contributed by atoms with Crippen LogP contribution in [0.5, 0.6) is 0 Å². The van der Waals surface area contributed by atoms with Crippen LogP contribution in [0.25, 0.3) is 11.7 Å². The number of carboxylic acids is 1. The zero-order valence-corrected chi connectivity index (χ0v) is 20.7. The maximum atomic E-state index is 13.4. The lowest BCUT2D eigenvalue weighted by molar-refractivity contribution is -0.134. The highest BCUT2D eigenvalue weighted by atomic mass is 32.1. The van der Waals surface area contributed by atoms with Gasteiger partial charge in [-0.15, -0.1) is 11.3 Å². The molecular formula is C26H28N4O5S. The molecule has 3 aromatic rings. The number of aryl methyl sites for hydroxylation is 2. The Hall–Kier alpha value is -3.53. The van der Waals surface area contributed by atoms with Gasteiger partial charge < -0.3 is 14.7 Å². The summed E-state index contributed by atoms with van der Waals surface area (Å²) >= 11 is 1.71. The molecule has 0 radical (unpaired) electrons. The van der Waals surface area contributed by atoms with Crippen LogP contribution in [0, 0.1) is 0 Å². The Morgan fingerprint density at radius 3 is 2.83 bits per heavy atom. The van der Waals surface area contributed by atoms with Crippen LogP contribution in [-0.4, -0.2) is 51.1 Å². The minimum Gasteiger partial charge on any atom is -0.478 e. The molecule has 0 aromatic carbocycles. The van der Waals surface area contributed by atoms with Crippen LogP contribution in [0.3, 0.4) is 0 Å². The predicted octanol–water partition coefficient (Wildman–Crippen LogP) is 3.44. The first-order chi connectivity index (χ1) is 17.5. The third-order valence-corrected chi connectivity index (χ3v) is 7.88. The smallest absolute Gasteiger partial charge is 0.328 e. The van der Waals surface area contributed by atoms with E-state index >= 15 is 0 Å². The number of aliphatic carboxylic acids is 1. The highest BCUT2D eigenvalue weighted by Crippen LogP contribution is 2.36. The van der Waals surface area contributed by atoms with Crippen LogP contribution in [0.15, 0.2) is 34.6 Å². The van der Waals surface area contributed by atoms with Gasteiger partial charge in [0.1, 0.15) is 17.6 Å². The molecule has 3 aromatic heterocycles. The number of hydrogen-bond donors (Lipinski definition) is 1. The second-order valence-corrected chi connectivity index (χ2v) is 10.3. The first-order valence-electron chi connectivity index (χ1n) is 12.3. The van der Waals surface area contributed by atoms with Gasteiger partial charge in [0.25, 0.3) is 12.0 Å². The van der Waals surface area contributed by atoms with Gasteiger partial charge in [0.05, 0.1) is 22.8 Å². The SMILES string of the molecule is O=COC1CCCN(c2nc3cc(CCc4nc(C5CCC5)cs4)ccn3c(=O)c2/C=C/C(=O)O)C1. The van der Waals surface area contributed by atoms with Gasteiger partial charge in [-0.2, -0.15) is 0 Å². The molecule has 1 aliphatic carbocycles. The summed E-state index contributed by atoms with van der Waals surface area (Å²) in [5.41, 5.74) is 2.61. The number of carbonyl (C=O) groups excluding carboxylic acids is 1. The number of ether oxygens (including phenoxy) is 1. The third kappa shape index (κ3) is 5.18. The molecule has 1 saturated carbocycles. The van der Waals surface area contributed by atoms with E-state index < -0.39 is 5.97 Å². The minimum atomic E-state index is -1.15. The zero-order chi connectivity index (χ0) is 25.1. The summed E-state index contributed by atoms with van der Waals surface area (Å²) in [5, 5.41) is 12.4. The lowest BCUT2D eigenvalue weighted by atomic mass is 9.83. The van der Waals surface area contributed by atoms with Gasteiger partial charge in [0.15, 0.2) is 0 Å². The van der Waals surface area contributed by atoms with Gasteiger partial charge in [-0.25, -0.2) is 14.8 Å². The fourth-order valence-electron chi connectivity index (χ4n) is 4.78. The van der Waals surface area contributed by atoms with Gasteiger partial charge >= 0.3 is 5.97 Å². The minimum absolute atomic E-state index is 0.195. The molecule has 1 aliphatic heterocycles. The van der Waals surface area contributed by atoms with Crippen molar-refractivity contribution >= 4 is 41.3 Å². The number of rotatable bonds is 9. The van der Waals surface area contributed by atoms with E-state index in [0.29, 0.717) is 36.9 Å². The molecule has 36 heavy (non-hydrogen) atoms. The van der Waals surface area contributed by atoms with Crippen LogP contribution >= 0.6 is 11.3 Å². The number of piperidine rings is 1. The van der Waals surface area contributed by atoms with Crippen molar-refractivity contribution in [1.82, 2.24) is 14.4 Å². The summed E-state index contributed by atoms with van der Waals surface area (Å²) in [6, 6.07) is 3.80. The topological polar surface area (TPSA) is 114 Å². The van der Waals surface area contributed by atoms with Gasteiger partial charge in [-0.3, -0.25) is 14.0 Å². The fraction of sp³-hybridized carbons (Fsp3) is 0.423. The predicted molar refractivity (Wildman–Crippen MR) is 137 cm³/mol. The first-order valence-corrected chi connectivity index (χ1v) is 13.1. The van der Waals surface area contributed by atoms with Crippen molar-refractivity contribution in [2.45, 2.75) is 57.0 Å². The lowest BCUT2D eigenvalue weighted by Crippen LogP contribution is -2.41. The molecule has 9 nitrogen and oxygen atoms in total. The van der Waals surface area contributed by atoms with E-state index in [1.807, 2.05) is 17.0 Å². The van der Waals surface area contributed by atoms with Crippen LogP contribution < -0.4 is 10.5 Å². The molecule has 4 heterocycles. The number of anilines is 1. The molecule has 1 atom stereocenters. The highest BCUT2D eigenvalue weighted by Gasteiger charge is 2.25. The molecule has 2 fully saturated rings. The summed E-state index contributed by atoms with van der Waals surface area (Å²) in [7, 11) is 0. The van der Waals surface area contributed by atoms with E-state index in [1.54, 1.807) is 17.5 Å². The molecule has 0 bridgehead atoms. The molecule has 10 heteroatoms. The molecular weight excluding hydrogens is 480 g/mol. The van der Waals surface area contributed by atoms with Crippen LogP contribution in [0.2, 0.25) is 0 Å². The number of thiazole rings is 1.